The maximum atomic E-state index is 10.6. The number of carboxylic acids is 1. The number of carboxylic acid groups (broad SMARTS) is 1. The number of hydrogen-bond donors (Lipinski definition) is 2. The first-order chi connectivity index (χ1) is 8.24. The number of hydrogen-bond acceptors (Lipinski definition) is 4. The van der Waals surface area contributed by atoms with Crippen molar-refractivity contribution in [3.05, 3.63) is 18.5 Å². The van der Waals surface area contributed by atoms with Gasteiger partial charge in [-0.2, -0.15) is 0 Å². The van der Waals surface area contributed by atoms with Gasteiger partial charge in [-0.15, -0.1) is 0 Å². The number of aromatic nitrogens is 2. The monoisotopic (exact) mass is 235 g/mol. The molecule has 1 saturated carbocycles. The highest BCUT2D eigenvalue weighted by atomic mass is 16.4. The Kier molecular flexibility index (Phi) is 3.90. The van der Waals surface area contributed by atoms with Gasteiger partial charge in [0.25, 0.3) is 0 Å². The summed E-state index contributed by atoms with van der Waals surface area (Å²) in [6.45, 7) is 0. The number of nitrogens with zero attached hydrogens (tertiary/aromatic N) is 2. The molecule has 0 aromatic carbocycles. The fourth-order valence-corrected chi connectivity index (χ4v) is 2.31. The predicted octanol–water partition coefficient (Wildman–Crippen LogP) is 1.92. The molecule has 92 valence electrons. The molecule has 5 heteroatoms. The minimum atomic E-state index is -0.687. The zero-order chi connectivity index (χ0) is 12.1. The summed E-state index contributed by atoms with van der Waals surface area (Å²) < 4.78 is 0. The SMILES string of the molecule is O=C(O)CC1CCC(Nc2ncccn2)CC1. The fourth-order valence-electron chi connectivity index (χ4n) is 2.31. The van der Waals surface area contributed by atoms with Crippen molar-refractivity contribution in [1.82, 2.24) is 9.97 Å². The maximum Gasteiger partial charge on any atom is 0.303 e. The lowest BCUT2D eigenvalue weighted by atomic mass is 9.84. The molecule has 1 aromatic rings. The Bertz CT molecular complexity index is 361. The molecular weight excluding hydrogens is 218 g/mol. The van der Waals surface area contributed by atoms with Crippen molar-refractivity contribution in [2.45, 2.75) is 38.1 Å². The van der Waals surface area contributed by atoms with E-state index in [-0.39, 0.29) is 0 Å². The van der Waals surface area contributed by atoms with Crippen molar-refractivity contribution in [3.63, 3.8) is 0 Å². The van der Waals surface area contributed by atoms with Crippen molar-refractivity contribution >= 4 is 11.9 Å². The van der Waals surface area contributed by atoms with E-state index < -0.39 is 5.97 Å². The number of rotatable bonds is 4. The first kappa shape index (κ1) is 11.8. The van der Waals surface area contributed by atoms with Crippen LogP contribution in [0.3, 0.4) is 0 Å². The van der Waals surface area contributed by atoms with Gasteiger partial charge in [0, 0.05) is 24.9 Å². The Morgan fingerprint density at radius 1 is 1.29 bits per heavy atom. The van der Waals surface area contributed by atoms with Crippen LogP contribution in [0.15, 0.2) is 18.5 Å². The van der Waals surface area contributed by atoms with Crippen molar-refractivity contribution in [1.29, 1.82) is 0 Å². The van der Waals surface area contributed by atoms with Crippen LogP contribution in [0.4, 0.5) is 5.95 Å². The topological polar surface area (TPSA) is 75.1 Å². The van der Waals surface area contributed by atoms with Crippen molar-refractivity contribution in [2.75, 3.05) is 5.32 Å². The second-order valence-corrected chi connectivity index (χ2v) is 4.53. The second kappa shape index (κ2) is 5.61. The number of carbonyl (C=O) groups is 1. The predicted molar refractivity (Wildman–Crippen MR) is 63.7 cm³/mol. The van der Waals surface area contributed by atoms with E-state index in [1.807, 2.05) is 0 Å². The molecule has 1 aromatic heterocycles. The van der Waals surface area contributed by atoms with E-state index in [4.69, 9.17) is 5.11 Å². The van der Waals surface area contributed by atoms with E-state index in [0.717, 1.165) is 25.7 Å². The van der Waals surface area contributed by atoms with Gasteiger partial charge in [0.05, 0.1) is 0 Å². The molecule has 1 aliphatic carbocycles. The van der Waals surface area contributed by atoms with Crippen molar-refractivity contribution in [2.24, 2.45) is 5.92 Å². The molecule has 1 fully saturated rings. The average molecular weight is 235 g/mol. The molecule has 5 nitrogen and oxygen atoms in total. The van der Waals surface area contributed by atoms with Crippen LogP contribution in [0.5, 0.6) is 0 Å². The van der Waals surface area contributed by atoms with Crippen LogP contribution in [0.1, 0.15) is 32.1 Å². The molecule has 0 spiro atoms. The van der Waals surface area contributed by atoms with Gasteiger partial charge in [-0.1, -0.05) is 0 Å². The van der Waals surface area contributed by atoms with Gasteiger partial charge in [-0.05, 0) is 37.7 Å². The molecule has 0 amide bonds. The summed E-state index contributed by atoms with van der Waals surface area (Å²) in [5, 5.41) is 12.0. The van der Waals surface area contributed by atoms with Crippen LogP contribution in [-0.2, 0) is 4.79 Å². The highest BCUT2D eigenvalue weighted by Crippen LogP contribution is 2.27. The molecule has 2 N–H and O–H groups in total. The summed E-state index contributed by atoms with van der Waals surface area (Å²) in [5.41, 5.74) is 0. The highest BCUT2D eigenvalue weighted by Gasteiger charge is 2.23. The standard InChI is InChI=1S/C12H17N3O2/c16-11(17)8-9-2-4-10(5-3-9)15-12-13-6-1-7-14-12/h1,6-7,9-10H,2-5,8H2,(H,16,17)(H,13,14,15). The van der Waals surface area contributed by atoms with Crippen LogP contribution in [-0.4, -0.2) is 27.1 Å². The van der Waals surface area contributed by atoms with E-state index in [1.165, 1.54) is 0 Å². The van der Waals surface area contributed by atoms with E-state index in [1.54, 1.807) is 18.5 Å². The second-order valence-electron chi connectivity index (χ2n) is 4.53. The number of nitrogens with one attached hydrogen (secondary N) is 1. The maximum absolute atomic E-state index is 10.6. The van der Waals surface area contributed by atoms with Crippen LogP contribution in [0.2, 0.25) is 0 Å². The number of aliphatic carboxylic acids is 1. The molecule has 2 rings (SSSR count). The molecule has 1 aliphatic rings. The van der Waals surface area contributed by atoms with Crippen molar-refractivity contribution < 1.29 is 9.90 Å². The zero-order valence-corrected chi connectivity index (χ0v) is 9.67. The zero-order valence-electron chi connectivity index (χ0n) is 9.67. The van der Waals surface area contributed by atoms with Gasteiger partial charge < -0.3 is 10.4 Å². The quantitative estimate of drug-likeness (QED) is 0.834. The first-order valence-electron chi connectivity index (χ1n) is 5.99. The highest BCUT2D eigenvalue weighted by molar-refractivity contribution is 5.67. The van der Waals surface area contributed by atoms with Gasteiger partial charge in [-0.3, -0.25) is 4.79 Å². The Morgan fingerprint density at radius 2 is 1.94 bits per heavy atom. The molecule has 0 aliphatic heterocycles. The first-order valence-corrected chi connectivity index (χ1v) is 5.99. The van der Waals surface area contributed by atoms with Gasteiger partial charge in [0.15, 0.2) is 0 Å². The van der Waals surface area contributed by atoms with E-state index in [0.29, 0.717) is 24.3 Å². The van der Waals surface area contributed by atoms with Crippen LogP contribution in [0.25, 0.3) is 0 Å². The van der Waals surface area contributed by atoms with Crippen LogP contribution < -0.4 is 5.32 Å². The molecule has 0 bridgehead atoms. The summed E-state index contributed by atoms with van der Waals surface area (Å²) in [4.78, 5) is 18.9. The Morgan fingerprint density at radius 3 is 2.53 bits per heavy atom. The summed E-state index contributed by atoms with van der Waals surface area (Å²) in [5.74, 6) is 0.309. The normalized spacial score (nSPS) is 24.2. The van der Waals surface area contributed by atoms with E-state index in [9.17, 15) is 4.79 Å². The Balaban J connectivity index is 1.78. The lowest BCUT2D eigenvalue weighted by Crippen LogP contribution is -2.27. The molecule has 1 heterocycles. The van der Waals surface area contributed by atoms with E-state index >= 15 is 0 Å². The van der Waals surface area contributed by atoms with Gasteiger partial charge in [0.2, 0.25) is 5.95 Å². The molecule has 0 radical (unpaired) electrons. The molecule has 17 heavy (non-hydrogen) atoms. The van der Waals surface area contributed by atoms with Gasteiger partial charge >= 0.3 is 5.97 Å². The molecule has 0 saturated heterocycles. The number of anilines is 1. The largest absolute Gasteiger partial charge is 0.481 e. The summed E-state index contributed by atoms with van der Waals surface area (Å²) in [6.07, 6.45) is 7.66. The van der Waals surface area contributed by atoms with Gasteiger partial charge in [-0.25, -0.2) is 9.97 Å². The van der Waals surface area contributed by atoms with Gasteiger partial charge in [0.1, 0.15) is 0 Å². The molecule has 0 atom stereocenters. The van der Waals surface area contributed by atoms with Crippen LogP contribution in [0, 0.1) is 5.92 Å². The minimum Gasteiger partial charge on any atom is -0.481 e. The molecular formula is C12H17N3O2. The Hall–Kier alpha value is -1.65. The van der Waals surface area contributed by atoms with Crippen LogP contribution >= 0.6 is 0 Å². The smallest absolute Gasteiger partial charge is 0.303 e. The fraction of sp³-hybridized carbons (Fsp3) is 0.583. The Labute approximate surface area is 100 Å². The summed E-state index contributed by atoms with van der Waals surface area (Å²) in [6, 6.07) is 2.16. The van der Waals surface area contributed by atoms with Crippen molar-refractivity contribution in [3.8, 4) is 0 Å². The lowest BCUT2D eigenvalue weighted by Gasteiger charge is -2.28. The lowest BCUT2D eigenvalue weighted by molar-refractivity contribution is -0.138. The van der Waals surface area contributed by atoms with E-state index in [2.05, 4.69) is 15.3 Å². The minimum absolute atomic E-state index is 0.300. The third-order valence-electron chi connectivity index (χ3n) is 3.21. The average Bonchev–Trinajstić information content (AvgIpc) is 2.32. The third kappa shape index (κ3) is 3.69. The summed E-state index contributed by atoms with van der Waals surface area (Å²) >= 11 is 0. The third-order valence-corrected chi connectivity index (χ3v) is 3.21. The summed E-state index contributed by atoms with van der Waals surface area (Å²) in [7, 11) is 0. The molecule has 0 unspecified atom stereocenters.